The van der Waals surface area contributed by atoms with Gasteiger partial charge < -0.3 is 37.0 Å². The van der Waals surface area contributed by atoms with E-state index in [-0.39, 0.29) is 26.2 Å². The standard InChI is InChI=1S/C14H23N3O10.C6H8N2/c18-10(19)5-15(1-3-16(6-11(20)21)7-12(22)23)2-4-17(8-13(24)25)9-14(26)27;7-5-3-1-2-4-6(5)8/h1-9H2,(H,18,19)(H,20,21)(H,22,23)(H,24,25)(H,26,27);1-4H,7-8H2. The summed E-state index contributed by atoms with van der Waals surface area (Å²) in [6.45, 7) is -2.74. The Morgan fingerprint density at radius 2 is 0.743 bits per heavy atom. The summed E-state index contributed by atoms with van der Waals surface area (Å²) in [4.78, 5) is 57.6. The highest BCUT2D eigenvalue weighted by molar-refractivity contribution is 5.73. The van der Waals surface area contributed by atoms with Gasteiger partial charge in [-0.3, -0.25) is 38.7 Å². The molecule has 1 aromatic rings. The van der Waals surface area contributed by atoms with Gasteiger partial charge in [0.15, 0.2) is 0 Å². The number of nitrogen functional groups attached to an aromatic ring is 2. The Kier molecular flexibility index (Phi) is 14.8. The summed E-state index contributed by atoms with van der Waals surface area (Å²) >= 11 is 0. The van der Waals surface area contributed by atoms with Crippen LogP contribution in [0.5, 0.6) is 0 Å². The van der Waals surface area contributed by atoms with Gasteiger partial charge in [-0.05, 0) is 12.1 Å². The first kappa shape index (κ1) is 31.0. The number of carboxylic acid groups (broad SMARTS) is 5. The molecule has 0 fully saturated rings. The summed E-state index contributed by atoms with van der Waals surface area (Å²) < 4.78 is 0. The molecule has 0 aliphatic heterocycles. The smallest absolute Gasteiger partial charge is 0.317 e. The molecule has 0 saturated heterocycles. The van der Waals surface area contributed by atoms with E-state index in [0.717, 1.165) is 9.80 Å². The molecule has 0 unspecified atom stereocenters. The zero-order valence-electron chi connectivity index (χ0n) is 18.9. The normalized spacial score (nSPS) is 10.6. The first-order valence-electron chi connectivity index (χ1n) is 10.2. The molecule has 35 heavy (non-hydrogen) atoms. The molecule has 1 aromatic carbocycles. The fraction of sp³-hybridized carbons (Fsp3) is 0.450. The fourth-order valence-electron chi connectivity index (χ4n) is 2.73. The first-order valence-corrected chi connectivity index (χ1v) is 10.2. The number of nitrogens with two attached hydrogens (primary N) is 2. The van der Waals surface area contributed by atoms with Crippen LogP contribution >= 0.6 is 0 Å². The van der Waals surface area contributed by atoms with Crippen molar-refractivity contribution in [2.24, 2.45) is 0 Å². The molecule has 196 valence electrons. The third-order valence-electron chi connectivity index (χ3n) is 4.26. The largest absolute Gasteiger partial charge is 0.480 e. The predicted octanol–water partition coefficient (Wildman–Crippen LogP) is -1.83. The minimum atomic E-state index is -1.24. The van der Waals surface area contributed by atoms with Crippen molar-refractivity contribution in [1.82, 2.24) is 14.7 Å². The maximum atomic E-state index is 11.0. The quantitative estimate of drug-likeness (QED) is 0.123. The van der Waals surface area contributed by atoms with E-state index < -0.39 is 62.6 Å². The number of hydrogen-bond acceptors (Lipinski definition) is 10. The molecule has 0 aromatic heterocycles. The van der Waals surface area contributed by atoms with Crippen LogP contribution in [0.15, 0.2) is 24.3 Å². The topological polar surface area (TPSA) is 248 Å². The Bertz CT molecular complexity index is 773. The third kappa shape index (κ3) is 17.2. The van der Waals surface area contributed by atoms with Crippen molar-refractivity contribution in [2.75, 3.05) is 70.4 Å². The third-order valence-corrected chi connectivity index (χ3v) is 4.26. The van der Waals surface area contributed by atoms with Gasteiger partial charge in [-0.1, -0.05) is 12.1 Å². The molecule has 0 amide bonds. The molecule has 0 bridgehead atoms. The summed E-state index contributed by atoms with van der Waals surface area (Å²) in [5.41, 5.74) is 12.1. The van der Waals surface area contributed by atoms with Gasteiger partial charge in [-0.2, -0.15) is 0 Å². The Morgan fingerprint density at radius 1 is 0.514 bits per heavy atom. The van der Waals surface area contributed by atoms with E-state index in [9.17, 15) is 24.0 Å². The second-order valence-corrected chi connectivity index (χ2v) is 7.30. The molecular weight excluding hydrogens is 470 g/mol. The van der Waals surface area contributed by atoms with E-state index in [1.54, 1.807) is 12.1 Å². The molecule has 0 spiro atoms. The number of carboxylic acids is 5. The van der Waals surface area contributed by atoms with Crippen molar-refractivity contribution in [3.8, 4) is 0 Å². The highest BCUT2D eigenvalue weighted by Crippen LogP contribution is 2.10. The molecule has 0 aliphatic rings. The van der Waals surface area contributed by atoms with Crippen molar-refractivity contribution in [3.05, 3.63) is 24.3 Å². The maximum absolute atomic E-state index is 11.0. The van der Waals surface area contributed by atoms with Gasteiger partial charge in [0, 0.05) is 26.2 Å². The summed E-state index contributed by atoms with van der Waals surface area (Å²) in [6.07, 6.45) is 0. The zero-order valence-corrected chi connectivity index (χ0v) is 18.9. The number of hydrogen-bond donors (Lipinski definition) is 7. The molecule has 1 rings (SSSR count). The van der Waals surface area contributed by atoms with Crippen molar-refractivity contribution in [1.29, 1.82) is 0 Å². The number of aliphatic carboxylic acids is 5. The van der Waals surface area contributed by atoms with Crippen molar-refractivity contribution in [3.63, 3.8) is 0 Å². The van der Waals surface area contributed by atoms with Crippen LogP contribution in [-0.2, 0) is 24.0 Å². The van der Waals surface area contributed by atoms with Crippen molar-refractivity contribution < 1.29 is 49.5 Å². The van der Waals surface area contributed by atoms with Gasteiger partial charge in [-0.15, -0.1) is 0 Å². The van der Waals surface area contributed by atoms with Crippen molar-refractivity contribution in [2.45, 2.75) is 0 Å². The van der Waals surface area contributed by atoms with Crippen molar-refractivity contribution >= 4 is 41.2 Å². The molecular formula is C20H31N5O10. The summed E-state index contributed by atoms with van der Waals surface area (Å²) in [5.74, 6) is -6.16. The predicted molar refractivity (Wildman–Crippen MR) is 123 cm³/mol. The molecule has 0 heterocycles. The lowest BCUT2D eigenvalue weighted by atomic mass is 10.3. The fourth-order valence-corrected chi connectivity index (χ4v) is 2.73. The highest BCUT2D eigenvalue weighted by atomic mass is 16.4. The molecule has 0 aliphatic carbocycles. The Morgan fingerprint density at radius 3 is 0.971 bits per heavy atom. The van der Waals surface area contributed by atoms with Crippen LogP contribution in [0.1, 0.15) is 0 Å². The lowest BCUT2D eigenvalue weighted by Gasteiger charge is -2.27. The van der Waals surface area contributed by atoms with E-state index in [1.807, 2.05) is 12.1 Å². The summed E-state index contributed by atoms with van der Waals surface area (Å²) in [6, 6.07) is 7.25. The molecule has 15 heteroatoms. The lowest BCUT2D eigenvalue weighted by Crippen LogP contribution is -2.45. The second-order valence-electron chi connectivity index (χ2n) is 7.30. The molecule has 0 atom stereocenters. The minimum Gasteiger partial charge on any atom is -0.480 e. The lowest BCUT2D eigenvalue weighted by molar-refractivity contribution is -0.143. The number of rotatable bonds is 16. The van der Waals surface area contributed by atoms with Gasteiger partial charge in [0.25, 0.3) is 0 Å². The molecule has 9 N–H and O–H groups in total. The van der Waals surface area contributed by atoms with Crippen LogP contribution in [0.3, 0.4) is 0 Å². The minimum absolute atomic E-state index is 0.000836. The highest BCUT2D eigenvalue weighted by Gasteiger charge is 2.19. The van der Waals surface area contributed by atoms with Gasteiger partial charge in [-0.25, -0.2) is 0 Å². The van der Waals surface area contributed by atoms with E-state index in [2.05, 4.69) is 0 Å². The van der Waals surface area contributed by atoms with Gasteiger partial charge in [0.2, 0.25) is 0 Å². The Hall–Kier alpha value is -3.95. The van der Waals surface area contributed by atoms with Crippen LogP contribution in [0, 0.1) is 0 Å². The van der Waals surface area contributed by atoms with Gasteiger partial charge in [0.1, 0.15) is 0 Å². The molecule has 15 nitrogen and oxygen atoms in total. The SMILES string of the molecule is Nc1ccccc1N.O=C(O)CN(CCN(CC(=O)O)CC(=O)O)CCN(CC(=O)O)CC(=O)O. The summed E-state index contributed by atoms with van der Waals surface area (Å²) in [7, 11) is 0. The second kappa shape index (κ2) is 16.6. The van der Waals surface area contributed by atoms with E-state index >= 15 is 0 Å². The number of benzene rings is 1. The van der Waals surface area contributed by atoms with E-state index in [4.69, 9.17) is 37.0 Å². The van der Waals surface area contributed by atoms with E-state index in [1.165, 1.54) is 4.90 Å². The van der Waals surface area contributed by atoms with Crippen LogP contribution in [-0.4, -0.2) is 129 Å². The zero-order chi connectivity index (χ0) is 27.0. The van der Waals surface area contributed by atoms with Crippen LogP contribution in [0.2, 0.25) is 0 Å². The summed E-state index contributed by atoms with van der Waals surface area (Å²) in [5, 5.41) is 44.1. The number of carbonyl (C=O) groups is 5. The number of anilines is 2. The van der Waals surface area contributed by atoms with E-state index in [0.29, 0.717) is 11.4 Å². The molecule has 0 saturated carbocycles. The van der Waals surface area contributed by atoms with Gasteiger partial charge in [0.05, 0.1) is 44.1 Å². The van der Waals surface area contributed by atoms with Gasteiger partial charge >= 0.3 is 29.8 Å². The van der Waals surface area contributed by atoms with Crippen LogP contribution < -0.4 is 11.5 Å². The average molecular weight is 501 g/mol. The molecule has 0 radical (unpaired) electrons. The monoisotopic (exact) mass is 501 g/mol. The average Bonchev–Trinajstić information content (AvgIpc) is 2.70. The number of para-hydroxylation sites is 2. The first-order chi connectivity index (χ1) is 16.3. The Labute approximate surface area is 200 Å². The van der Waals surface area contributed by atoms with Crippen LogP contribution in [0.4, 0.5) is 11.4 Å². The maximum Gasteiger partial charge on any atom is 0.317 e. The Balaban J connectivity index is 0.00000121. The number of nitrogens with zero attached hydrogens (tertiary/aromatic N) is 3. The van der Waals surface area contributed by atoms with Crippen LogP contribution in [0.25, 0.3) is 0 Å².